The highest BCUT2D eigenvalue weighted by Crippen LogP contribution is 2.25. The Hall–Kier alpha value is -1.10. The minimum Gasteiger partial charge on any atom is -0.368 e. The lowest BCUT2D eigenvalue weighted by atomic mass is 9.96. The van der Waals surface area contributed by atoms with Crippen LogP contribution in [0.4, 0.5) is 0 Å². The van der Waals surface area contributed by atoms with E-state index in [0.29, 0.717) is 12.3 Å². The monoisotopic (exact) mass is 228 g/mol. The van der Waals surface area contributed by atoms with E-state index in [2.05, 4.69) is 10.3 Å². The maximum absolute atomic E-state index is 11.4. The predicted octanol–water partition coefficient (Wildman–Crippen LogP) is 0.880. The number of hydroxylamine groups is 1. The van der Waals surface area contributed by atoms with E-state index in [1.54, 1.807) is 0 Å². The van der Waals surface area contributed by atoms with Crippen molar-refractivity contribution in [2.45, 2.75) is 44.9 Å². The molecule has 0 atom stereocenters. The topological polar surface area (TPSA) is 81.4 Å². The fraction of sp³-hybridized carbons (Fsp3) is 0.818. The average Bonchev–Trinajstić information content (AvgIpc) is 2.45. The zero-order valence-corrected chi connectivity index (χ0v) is 9.54. The molecule has 0 saturated heterocycles. The summed E-state index contributed by atoms with van der Waals surface area (Å²) in [6.07, 6.45) is 7.68. The molecule has 5 heteroatoms. The van der Waals surface area contributed by atoms with E-state index < -0.39 is 5.91 Å². The molecular weight excluding hydrogens is 208 g/mol. The van der Waals surface area contributed by atoms with Crippen LogP contribution < -0.4 is 11.2 Å². The first-order valence-corrected chi connectivity index (χ1v) is 5.87. The third-order valence-electron chi connectivity index (χ3n) is 2.85. The molecule has 2 amide bonds. The quantitative estimate of drug-likeness (QED) is 0.541. The van der Waals surface area contributed by atoms with Crippen molar-refractivity contribution in [3.8, 4) is 0 Å². The van der Waals surface area contributed by atoms with Gasteiger partial charge in [-0.3, -0.25) is 14.4 Å². The summed E-state index contributed by atoms with van der Waals surface area (Å²) in [4.78, 5) is 26.4. The maximum Gasteiger partial charge on any atom is 0.246 e. The van der Waals surface area contributed by atoms with Crippen molar-refractivity contribution in [3.05, 3.63) is 0 Å². The van der Waals surface area contributed by atoms with Gasteiger partial charge in [-0.05, 0) is 18.8 Å². The first kappa shape index (κ1) is 13.0. The van der Waals surface area contributed by atoms with E-state index in [9.17, 15) is 9.59 Å². The van der Waals surface area contributed by atoms with Crippen molar-refractivity contribution in [3.63, 3.8) is 0 Å². The highest BCUT2D eigenvalue weighted by Gasteiger charge is 2.16. The van der Waals surface area contributed by atoms with Crippen LogP contribution in [0, 0.1) is 5.92 Å². The first-order chi connectivity index (χ1) is 7.68. The molecule has 1 fully saturated rings. The van der Waals surface area contributed by atoms with Crippen LogP contribution >= 0.6 is 0 Å². The lowest BCUT2D eigenvalue weighted by Gasteiger charge is -2.12. The Bertz CT molecular complexity index is 235. The molecule has 0 heterocycles. The predicted molar refractivity (Wildman–Crippen MR) is 59.1 cm³/mol. The van der Waals surface area contributed by atoms with Gasteiger partial charge in [-0.1, -0.05) is 25.7 Å². The average molecular weight is 228 g/mol. The molecule has 0 spiro atoms. The molecule has 0 bridgehead atoms. The van der Waals surface area contributed by atoms with Crippen molar-refractivity contribution in [2.75, 3.05) is 6.61 Å². The van der Waals surface area contributed by atoms with Gasteiger partial charge >= 0.3 is 0 Å². The number of nitrogens with two attached hydrogens (primary N) is 1. The third-order valence-corrected chi connectivity index (χ3v) is 2.85. The first-order valence-electron chi connectivity index (χ1n) is 5.87. The molecule has 1 rings (SSSR count). The molecule has 3 N–H and O–H groups in total. The number of hydrogen-bond donors (Lipinski definition) is 2. The molecule has 16 heavy (non-hydrogen) atoms. The Morgan fingerprint density at radius 3 is 2.38 bits per heavy atom. The van der Waals surface area contributed by atoms with Gasteiger partial charge in [0, 0.05) is 6.42 Å². The minimum absolute atomic E-state index is 0.159. The van der Waals surface area contributed by atoms with Crippen LogP contribution in [0.25, 0.3) is 0 Å². The molecule has 0 aromatic heterocycles. The summed E-state index contributed by atoms with van der Waals surface area (Å²) in [7, 11) is 0. The molecule has 0 unspecified atom stereocenters. The molecule has 1 saturated carbocycles. The van der Waals surface area contributed by atoms with Gasteiger partial charge in [0.05, 0.1) is 0 Å². The van der Waals surface area contributed by atoms with Gasteiger partial charge in [-0.2, -0.15) is 0 Å². The van der Waals surface area contributed by atoms with Crippen molar-refractivity contribution in [1.29, 1.82) is 0 Å². The number of amides is 2. The second kappa shape index (κ2) is 7.22. The summed E-state index contributed by atoms with van der Waals surface area (Å²) >= 11 is 0. The maximum atomic E-state index is 11.4. The lowest BCUT2D eigenvalue weighted by Crippen LogP contribution is -2.30. The van der Waals surface area contributed by atoms with E-state index in [1.165, 1.54) is 25.7 Å². The Kier molecular flexibility index (Phi) is 5.85. The van der Waals surface area contributed by atoms with Gasteiger partial charge in [0.25, 0.3) is 0 Å². The highest BCUT2D eigenvalue weighted by atomic mass is 16.7. The van der Waals surface area contributed by atoms with E-state index in [0.717, 1.165) is 12.8 Å². The molecular formula is C11H20N2O3. The van der Waals surface area contributed by atoms with Gasteiger partial charge in [0.1, 0.15) is 0 Å². The summed E-state index contributed by atoms with van der Waals surface area (Å²) in [5.74, 6) is -0.289. The van der Waals surface area contributed by atoms with Gasteiger partial charge in [0.2, 0.25) is 11.8 Å². The summed E-state index contributed by atoms with van der Waals surface area (Å²) < 4.78 is 0. The van der Waals surface area contributed by atoms with Gasteiger partial charge < -0.3 is 5.73 Å². The molecule has 0 aromatic carbocycles. The molecule has 5 nitrogen and oxygen atoms in total. The fourth-order valence-corrected chi connectivity index (χ4v) is 2.06. The van der Waals surface area contributed by atoms with Crippen LogP contribution in [-0.2, 0) is 14.4 Å². The summed E-state index contributed by atoms with van der Waals surface area (Å²) in [6.45, 7) is -0.267. The Morgan fingerprint density at radius 2 is 1.81 bits per heavy atom. The van der Waals surface area contributed by atoms with Crippen LogP contribution in [0.5, 0.6) is 0 Å². The third kappa shape index (κ3) is 5.70. The van der Waals surface area contributed by atoms with Crippen LogP contribution in [0.2, 0.25) is 0 Å². The lowest BCUT2D eigenvalue weighted by molar-refractivity contribution is -0.138. The van der Waals surface area contributed by atoms with Crippen molar-refractivity contribution in [1.82, 2.24) is 5.48 Å². The van der Waals surface area contributed by atoms with Crippen LogP contribution in [-0.4, -0.2) is 18.4 Å². The molecule has 1 aliphatic carbocycles. The van der Waals surface area contributed by atoms with Crippen LogP contribution in [0.3, 0.4) is 0 Å². The largest absolute Gasteiger partial charge is 0.368 e. The standard InChI is InChI=1S/C11H20N2O3/c12-10(14)8-16-13-11(15)7-9-5-3-1-2-4-6-9/h9H,1-8H2,(H2,12,14)(H,13,15). The van der Waals surface area contributed by atoms with E-state index in [1.807, 2.05) is 0 Å². The number of primary amides is 1. The van der Waals surface area contributed by atoms with Crippen molar-refractivity contribution >= 4 is 11.8 Å². The number of hydrogen-bond acceptors (Lipinski definition) is 3. The molecule has 92 valence electrons. The minimum atomic E-state index is -0.588. The van der Waals surface area contributed by atoms with Gasteiger partial charge in [-0.25, -0.2) is 5.48 Å². The zero-order chi connectivity index (χ0) is 11.8. The van der Waals surface area contributed by atoms with E-state index >= 15 is 0 Å². The molecule has 0 radical (unpaired) electrons. The Balaban J connectivity index is 2.14. The number of rotatable bonds is 5. The van der Waals surface area contributed by atoms with Crippen molar-refractivity contribution in [2.24, 2.45) is 11.7 Å². The van der Waals surface area contributed by atoms with E-state index in [-0.39, 0.29) is 12.5 Å². The normalized spacial score (nSPS) is 17.8. The fourth-order valence-electron chi connectivity index (χ4n) is 2.06. The van der Waals surface area contributed by atoms with Crippen molar-refractivity contribution < 1.29 is 14.4 Å². The Morgan fingerprint density at radius 1 is 1.19 bits per heavy atom. The SMILES string of the molecule is NC(=O)CONC(=O)CC1CCCCCC1. The number of nitrogens with one attached hydrogen (secondary N) is 1. The van der Waals surface area contributed by atoms with Gasteiger partial charge in [-0.15, -0.1) is 0 Å². The second-order valence-corrected chi connectivity index (χ2v) is 4.34. The Labute approximate surface area is 95.7 Å². The zero-order valence-electron chi connectivity index (χ0n) is 9.54. The number of carbonyl (C=O) groups is 2. The number of carbonyl (C=O) groups excluding carboxylic acids is 2. The molecule has 0 aliphatic heterocycles. The summed E-state index contributed by atoms with van der Waals surface area (Å²) in [5, 5.41) is 0. The second-order valence-electron chi connectivity index (χ2n) is 4.34. The summed E-state index contributed by atoms with van der Waals surface area (Å²) in [6, 6.07) is 0. The molecule has 1 aliphatic rings. The highest BCUT2D eigenvalue weighted by molar-refractivity contribution is 5.77. The van der Waals surface area contributed by atoms with E-state index in [4.69, 9.17) is 5.73 Å². The smallest absolute Gasteiger partial charge is 0.246 e. The molecule has 0 aromatic rings. The summed E-state index contributed by atoms with van der Waals surface area (Å²) in [5.41, 5.74) is 7.11. The van der Waals surface area contributed by atoms with Crippen LogP contribution in [0.15, 0.2) is 0 Å². The van der Waals surface area contributed by atoms with Crippen LogP contribution in [0.1, 0.15) is 44.9 Å². The van der Waals surface area contributed by atoms with Gasteiger partial charge in [0.15, 0.2) is 6.61 Å².